The fraction of sp³-hybridized carbons (Fsp3) is 0.600. The van der Waals surface area contributed by atoms with Gasteiger partial charge in [0.2, 0.25) is 0 Å². The maximum atomic E-state index is 12.9. The van der Waals surface area contributed by atoms with Crippen LogP contribution in [0.25, 0.3) is 10.9 Å². The van der Waals surface area contributed by atoms with Crippen LogP contribution in [0.3, 0.4) is 0 Å². The second-order valence-electron chi connectivity index (χ2n) is 8.00. The molecule has 0 saturated carbocycles. The van der Waals surface area contributed by atoms with E-state index >= 15 is 0 Å². The number of hydrogen-bond acceptors (Lipinski definition) is 7. The van der Waals surface area contributed by atoms with Gasteiger partial charge in [-0.15, -0.1) is 0 Å². The molecule has 2 aromatic rings. The van der Waals surface area contributed by atoms with Crippen LogP contribution in [-0.2, 0) is 14.9 Å². The summed E-state index contributed by atoms with van der Waals surface area (Å²) in [7, 11) is -3.41. The van der Waals surface area contributed by atoms with E-state index in [-0.39, 0.29) is 0 Å². The van der Waals surface area contributed by atoms with Gasteiger partial charge in [0.15, 0.2) is 0 Å². The van der Waals surface area contributed by atoms with E-state index in [1.54, 1.807) is 14.9 Å². The Bertz CT molecular complexity index is 997. The predicted octanol–water partition coefficient (Wildman–Crippen LogP) is 0.929. The van der Waals surface area contributed by atoms with E-state index in [0.29, 0.717) is 52.5 Å². The van der Waals surface area contributed by atoms with Crippen LogP contribution in [0.4, 0.5) is 11.5 Å². The van der Waals surface area contributed by atoms with Crippen molar-refractivity contribution < 1.29 is 13.2 Å². The smallest absolute Gasteiger partial charge is 0.282 e. The predicted molar refractivity (Wildman–Crippen MR) is 116 cm³/mol. The van der Waals surface area contributed by atoms with Crippen molar-refractivity contribution >= 4 is 32.6 Å². The molecule has 1 aromatic carbocycles. The molecule has 30 heavy (non-hydrogen) atoms. The molecule has 5 rings (SSSR count). The van der Waals surface area contributed by atoms with E-state index in [1.807, 2.05) is 6.07 Å². The Hall–Kier alpha value is -2.01. The fourth-order valence-corrected chi connectivity index (χ4v) is 6.09. The third-order valence-electron chi connectivity index (χ3n) is 6.23. The number of piperazine rings is 1. The highest BCUT2D eigenvalue weighted by molar-refractivity contribution is 7.86. The minimum Gasteiger partial charge on any atom is -0.379 e. The minimum atomic E-state index is -3.41. The molecule has 1 aromatic heterocycles. The van der Waals surface area contributed by atoms with Crippen LogP contribution in [-0.4, -0.2) is 92.6 Å². The van der Waals surface area contributed by atoms with Crippen molar-refractivity contribution in [3.8, 4) is 0 Å². The molecule has 0 radical (unpaired) electrons. The van der Waals surface area contributed by atoms with Gasteiger partial charge < -0.3 is 14.5 Å². The molecule has 0 N–H and O–H groups in total. The first-order valence-corrected chi connectivity index (χ1v) is 12.1. The highest BCUT2D eigenvalue weighted by atomic mass is 32.2. The Labute approximate surface area is 177 Å². The Morgan fingerprint density at radius 1 is 0.800 bits per heavy atom. The first-order valence-electron chi connectivity index (χ1n) is 10.7. The summed E-state index contributed by atoms with van der Waals surface area (Å²) >= 11 is 0. The zero-order valence-electron chi connectivity index (χ0n) is 17.1. The second-order valence-corrected chi connectivity index (χ2v) is 9.93. The summed E-state index contributed by atoms with van der Waals surface area (Å²) in [4.78, 5) is 13.6. The number of ether oxygens (including phenoxy) is 1. The largest absolute Gasteiger partial charge is 0.379 e. The van der Waals surface area contributed by atoms with E-state index in [9.17, 15) is 8.42 Å². The molecule has 162 valence electrons. The number of benzene rings is 1. The van der Waals surface area contributed by atoms with Crippen molar-refractivity contribution in [2.45, 2.75) is 12.8 Å². The molecule has 4 heterocycles. The van der Waals surface area contributed by atoms with E-state index in [4.69, 9.17) is 4.74 Å². The topological polar surface area (TPSA) is 82.1 Å². The van der Waals surface area contributed by atoms with Gasteiger partial charge in [0.1, 0.15) is 12.1 Å². The first-order chi connectivity index (χ1) is 14.6. The highest BCUT2D eigenvalue weighted by Gasteiger charge is 2.33. The lowest BCUT2D eigenvalue weighted by molar-refractivity contribution is 0.0700. The Kier molecular flexibility index (Phi) is 5.48. The van der Waals surface area contributed by atoms with Crippen molar-refractivity contribution in [1.82, 2.24) is 18.6 Å². The van der Waals surface area contributed by atoms with Gasteiger partial charge in [-0.1, -0.05) is 0 Å². The molecule has 0 atom stereocenters. The molecule has 0 bridgehead atoms. The van der Waals surface area contributed by atoms with Crippen molar-refractivity contribution in [1.29, 1.82) is 0 Å². The monoisotopic (exact) mass is 432 g/mol. The van der Waals surface area contributed by atoms with Crippen LogP contribution in [0.1, 0.15) is 12.8 Å². The minimum absolute atomic E-state index is 0.437. The van der Waals surface area contributed by atoms with E-state index < -0.39 is 10.2 Å². The lowest BCUT2D eigenvalue weighted by Crippen LogP contribution is -2.55. The van der Waals surface area contributed by atoms with Crippen molar-refractivity contribution in [3.05, 3.63) is 24.5 Å². The number of aromatic nitrogens is 2. The van der Waals surface area contributed by atoms with Gasteiger partial charge in [0.05, 0.1) is 18.7 Å². The molecule has 3 saturated heterocycles. The van der Waals surface area contributed by atoms with Gasteiger partial charge in [-0.25, -0.2) is 9.97 Å². The number of morpholine rings is 1. The van der Waals surface area contributed by atoms with E-state index in [0.717, 1.165) is 35.5 Å². The molecule has 10 heteroatoms. The van der Waals surface area contributed by atoms with Gasteiger partial charge in [-0.2, -0.15) is 17.0 Å². The van der Waals surface area contributed by atoms with E-state index in [2.05, 4.69) is 31.9 Å². The summed E-state index contributed by atoms with van der Waals surface area (Å²) in [5.74, 6) is 1.01. The number of rotatable bonds is 4. The molecule has 0 spiro atoms. The number of anilines is 2. The molecule has 0 amide bonds. The Morgan fingerprint density at radius 3 is 2.23 bits per heavy atom. The van der Waals surface area contributed by atoms with Crippen molar-refractivity contribution in [2.75, 3.05) is 75.4 Å². The third kappa shape index (κ3) is 3.73. The summed E-state index contributed by atoms with van der Waals surface area (Å²) in [5, 5.41) is 1.07. The zero-order valence-corrected chi connectivity index (χ0v) is 17.9. The lowest BCUT2D eigenvalue weighted by atomic mass is 10.1. The quantitative estimate of drug-likeness (QED) is 0.711. The first kappa shape index (κ1) is 19.9. The van der Waals surface area contributed by atoms with Crippen LogP contribution in [0.5, 0.6) is 0 Å². The maximum absolute atomic E-state index is 12.9. The summed E-state index contributed by atoms with van der Waals surface area (Å²) in [5.41, 5.74) is 2.05. The molecule has 0 unspecified atom stereocenters. The molecular weight excluding hydrogens is 404 g/mol. The summed E-state index contributed by atoms with van der Waals surface area (Å²) in [6, 6.07) is 6.28. The van der Waals surface area contributed by atoms with Crippen LogP contribution < -0.4 is 9.80 Å². The van der Waals surface area contributed by atoms with Crippen LogP contribution in [0, 0.1) is 0 Å². The van der Waals surface area contributed by atoms with Gasteiger partial charge >= 0.3 is 0 Å². The Balaban J connectivity index is 1.33. The average molecular weight is 433 g/mol. The summed E-state index contributed by atoms with van der Waals surface area (Å²) < 4.78 is 34.3. The number of fused-ring (bicyclic) bond motifs is 1. The van der Waals surface area contributed by atoms with Gasteiger partial charge in [-0.05, 0) is 31.0 Å². The van der Waals surface area contributed by atoms with Gasteiger partial charge in [-0.3, -0.25) is 0 Å². The molecule has 3 fully saturated rings. The second kappa shape index (κ2) is 8.26. The summed E-state index contributed by atoms with van der Waals surface area (Å²) in [6.45, 7) is 6.20. The molecule has 0 aliphatic carbocycles. The highest BCUT2D eigenvalue weighted by Crippen LogP contribution is 2.30. The lowest BCUT2D eigenvalue weighted by Gasteiger charge is -2.38. The zero-order chi connectivity index (χ0) is 20.6. The fourth-order valence-electron chi connectivity index (χ4n) is 4.53. The maximum Gasteiger partial charge on any atom is 0.282 e. The third-order valence-corrected chi connectivity index (χ3v) is 8.27. The van der Waals surface area contributed by atoms with Crippen LogP contribution in [0.2, 0.25) is 0 Å². The Morgan fingerprint density at radius 2 is 1.50 bits per heavy atom. The molecule has 9 nitrogen and oxygen atoms in total. The average Bonchev–Trinajstić information content (AvgIpc) is 3.34. The molecule has 3 aliphatic heterocycles. The van der Waals surface area contributed by atoms with Gasteiger partial charge in [0, 0.05) is 63.4 Å². The van der Waals surface area contributed by atoms with Gasteiger partial charge in [0.25, 0.3) is 10.2 Å². The number of nitrogens with zero attached hydrogens (tertiary/aromatic N) is 6. The summed E-state index contributed by atoms with van der Waals surface area (Å²) in [6.07, 6.45) is 4.04. The standard InChI is InChI=1S/C20H28N6O3S/c27-30(28,26-11-13-29-14-12-26)25-9-7-23(8-10-25)17-3-4-19-18(15-17)20(22-16-21-19)24-5-1-2-6-24/h3-4,15-16H,1-2,5-14H2. The van der Waals surface area contributed by atoms with Crippen molar-refractivity contribution in [3.63, 3.8) is 0 Å². The number of hydrogen-bond donors (Lipinski definition) is 0. The van der Waals surface area contributed by atoms with Crippen molar-refractivity contribution in [2.24, 2.45) is 0 Å². The SMILES string of the molecule is O=S(=O)(N1CCOCC1)N1CCN(c2ccc3ncnc(N4CCCC4)c3c2)CC1. The molecular formula is C20H28N6O3S. The molecule has 3 aliphatic rings. The van der Waals surface area contributed by atoms with Crippen LogP contribution >= 0.6 is 0 Å². The van der Waals surface area contributed by atoms with Crippen LogP contribution in [0.15, 0.2) is 24.5 Å². The normalized spacial score (nSPS) is 22.1. The van der Waals surface area contributed by atoms with E-state index in [1.165, 1.54) is 12.8 Å².